The van der Waals surface area contributed by atoms with Crippen LogP contribution in [0.3, 0.4) is 0 Å². The number of benzene rings is 3. The maximum atomic E-state index is 14.0. The smallest absolute Gasteiger partial charge is 0.255 e. The first-order valence-corrected chi connectivity index (χ1v) is 13.0. The third-order valence-electron chi connectivity index (χ3n) is 6.38. The molecule has 1 aliphatic heterocycles. The van der Waals surface area contributed by atoms with Crippen LogP contribution in [0.25, 0.3) is 0 Å². The van der Waals surface area contributed by atoms with E-state index in [0.717, 1.165) is 24.0 Å². The molecule has 2 unspecified atom stereocenters. The Morgan fingerprint density at radius 1 is 0.912 bits per heavy atom. The molecule has 5 heteroatoms. The number of aryl methyl sites for hydroxylation is 1. The Hall–Kier alpha value is -3.05. The summed E-state index contributed by atoms with van der Waals surface area (Å²) in [4.78, 5) is 31.4. The van der Waals surface area contributed by atoms with Crippen molar-refractivity contribution in [3.05, 3.63) is 107 Å². The standard InChI is InChI=1S/C29H32N2O2S/c1-3-27-31(28(32)25-17-11-10-12-22(25)2)26(21-34-27)29(33)30(20-24-15-8-5-9-16-24)19-18-23-13-6-4-7-14-23/h4-17,26-27H,3,18-21H2,1-2H3. The van der Waals surface area contributed by atoms with Gasteiger partial charge in [-0.25, -0.2) is 0 Å². The Kier molecular flexibility index (Phi) is 8.07. The van der Waals surface area contributed by atoms with Gasteiger partial charge in [0.25, 0.3) is 5.91 Å². The van der Waals surface area contributed by atoms with Crippen LogP contribution in [-0.4, -0.2) is 45.3 Å². The number of rotatable bonds is 8. The van der Waals surface area contributed by atoms with Gasteiger partial charge in [0.1, 0.15) is 6.04 Å². The van der Waals surface area contributed by atoms with Crippen LogP contribution in [0.15, 0.2) is 84.9 Å². The lowest BCUT2D eigenvalue weighted by molar-refractivity contribution is -0.135. The Morgan fingerprint density at radius 3 is 2.18 bits per heavy atom. The molecule has 176 valence electrons. The zero-order chi connectivity index (χ0) is 23.9. The van der Waals surface area contributed by atoms with Crippen molar-refractivity contribution in [1.82, 2.24) is 9.80 Å². The molecule has 0 bridgehead atoms. The van der Waals surface area contributed by atoms with Gasteiger partial charge >= 0.3 is 0 Å². The van der Waals surface area contributed by atoms with Crippen LogP contribution in [0.5, 0.6) is 0 Å². The monoisotopic (exact) mass is 472 g/mol. The molecule has 0 aromatic heterocycles. The summed E-state index contributed by atoms with van der Waals surface area (Å²) < 4.78 is 0. The summed E-state index contributed by atoms with van der Waals surface area (Å²) in [7, 11) is 0. The van der Waals surface area contributed by atoms with Crippen molar-refractivity contribution in [2.24, 2.45) is 0 Å². The van der Waals surface area contributed by atoms with Crippen LogP contribution in [0.2, 0.25) is 0 Å². The minimum Gasteiger partial charge on any atom is -0.336 e. The average molecular weight is 473 g/mol. The zero-order valence-electron chi connectivity index (χ0n) is 19.9. The third kappa shape index (κ3) is 5.53. The number of carbonyl (C=O) groups is 2. The highest BCUT2D eigenvalue weighted by Gasteiger charge is 2.42. The number of amides is 2. The highest BCUT2D eigenvalue weighted by Crippen LogP contribution is 2.34. The van der Waals surface area contributed by atoms with Crippen molar-refractivity contribution in [2.45, 2.75) is 44.6 Å². The van der Waals surface area contributed by atoms with E-state index in [1.807, 2.05) is 77.4 Å². The summed E-state index contributed by atoms with van der Waals surface area (Å²) in [6.07, 6.45) is 1.59. The molecule has 1 heterocycles. The first-order chi connectivity index (χ1) is 16.6. The SMILES string of the molecule is CCC1SCC(C(=O)N(CCc2ccccc2)Cc2ccccc2)N1C(=O)c1ccccc1C. The fraction of sp³-hybridized carbons (Fsp3) is 0.310. The predicted molar refractivity (Wildman–Crippen MR) is 140 cm³/mol. The molecule has 3 aromatic rings. The minimum atomic E-state index is -0.457. The van der Waals surface area contributed by atoms with Crippen molar-refractivity contribution < 1.29 is 9.59 Å². The summed E-state index contributed by atoms with van der Waals surface area (Å²) in [6, 6.07) is 27.5. The molecule has 0 aliphatic carbocycles. The second kappa shape index (κ2) is 11.4. The molecule has 4 rings (SSSR count). The number of carbonyl (C=O) groups excluding carboxylic acids is 2. The molecule has 0 N–H and O–H groups in total. The molecule has 2 atom stereocenters. The maximum Gasteiger partial charge on any atom is 0.255 e. The fourth-order valence-electron chi connectivity index (χ4n) is 4.48. The van der Waals surface area contributed by atoms with Crippen molar-refractivity contribution in [2.75, 3.05) is 12.3 Å². The lowest BCUT2D eigenvalue weighted by atomic mass is 10.1. The van der Waals surface area contributed by atoms with Crippen molar-refractivity contribution >= 4 is 23.6 Å². The normalized spacial score (nSPS) is 17.5. The molecule has 3 aromatic carbocycles. The molecular weight excluding hydrogens is 440 g/mol. The second-order valence-electron chi connectivity index (χ2n) is 8.72. The summed E-state index contributed by atoms with van der Waals surface area (Å²) >= 11 is 1.71. The number of nitrogens with zero attached hydrogens (tertiary/aromatic N) is 2. The van der Waals surface area contributed by atoms with Crippen LogP contribution in [0.4, 0.5) is 0 Å². The molecule has 0 radical (unpaired) electrons. The molecule has 34 heavy (non-hydrogen) atoms. The Labute approximate surface area is 207 Å². The quantitative estimate of drug-likeness (QED) is 0.431. The first kappa shape index (κ1) is 24.1. The van der Waals surface area contributed by atoms with Crippen molar-refractivity contribution in [3.8, 4) is 0 Å². The van der Waals surface area contributed by atoms with Gasteiger partial charge in [0.05, 0.1) is 5.37 Å². The first-order valence-electron chi connectivity index (χ1n) is 11.9. The van der Waals surface area contributed by atoms with Gasteiger partial charge in [-0.2, -0.15) is 0 Å². The third-order valence-corrected chi connectivity index (χ3v) is 7.83. The van der Waals surface area contributed by atoms with Gasteiger partial charge in [0.15, 0.2) is 0 Å². The molecule has 4 nitrogen and oxygen atoms in total. The molecule has 0 saturated carbocycles. The average Bonchev–Trinajstić information content (AvgIpc) is 3.31. The highest BCUT2D eigenvalue weighted by atomic mass is 32.2. The number of thioether (sulfide) groups is 1. The van der Waals surface area contributed by atoms with Gasteiger partial charge < -0.3 is 9.80 Å². The number of hydrogen-bond donors (Lipinski definition) is 0. The summed E-state index contributed by atoms with van der Waals surface area (Å²) in [5.41, 5.74) is 3.92. The summed E-state index contributed by atoms with van der Waals surface area (Å²) in [6.45, 7) is 5.19. The molecule has 2 amide bonds. The Morgan fingerprint density at radius 2 is 1.53 bits per heavy atom. The van der Waals surface area contributed by atoms with Gasteiger partial charge in [-0.05, 0) is 42.5 Å². The highest BCUT2D eigenvalue weighted by molar-refractivity contribution is 8.00. The largest absolute Gasteiger partial charge is 0.336 e. The van der Waals surface area contributed by atoms with E-state index in [4.69, 9.17) is 0 Å². The van der Waals surface area contributed by atoms with E-state index in [0.29, 0.717) is 24.4 Å². The molecular formula is C29H32N2O2S. The van der Waals surface area contributed by atoms with E-state index >= 15 is 0 Å². The second-order valence-corrected chi connectivity index (χ2v) is 9.93. The van der Waals surface area contributed by atoms with Gasteiger partial charge in [-0.3, -0.25) is 9.59 Å². The van der Waals surface area contributed by atoms with Crippen LogP contribution < -0.4 is 0 Å². The molecule has 1 saturated heterocycles. The van der Waals surface area contributed by atoms with E-state index in [1.165, 1.54) is 5.56 Å². The predicted octanol–water partition coefficient (Wildman–Crippen LogP) is 5.56. The van der Waals surface area contributed by atoms with Crippen LogP contribution in [-0.2, 0) is 17.8 Å². The molecule has 0 spiro atoms. The Balaban J connectivity index is 1.60. The van der Waals surface area contributed by atoms with Crippen LogP contribution >= 0.6 is 11.8 Å². The van der Waals surface area contributed by atoms with Crippen molar-refractivity contribution in [1.29, 1.82) is 0 Å². The van der Waals surface area contributed by atoms with Gasteiger partial charge in [0, 0.05) is 24.4 Å². The van der Waals surface area contributed by atoms with Crippen LogP contribution in [0.1, 0.15) is 40.4 Å². The van der Waals surface area contributed by atoms with E-state index in [9.17, 15) is 9.59 Å². The number of hydrogen-bond acceptors (Lipinski definition) is 3. The summed E-state index contributed by atoms with van der Waals surface area (Å²) in [5, 5.41) is 0.00811. The van der Waals surface area contributed by atoms with Gasteiger partial charge in [0.2, 0.25) is 5.91 Å². The zero-order valence-corrected chi connectivity index (χ0v) is 20.7. The van der Waals surface area contributed by atoms with E-state index in [1.54, 1.807) is 11.8 Å². The van der Waals surface area contributed by atoms with Gasteiger partial charge in [-0.15, -0.1) is 11.8 Å². The summed E-state index contributed by atoms with van der Waals surface area (Å²) in [5.74, 6) is 0.618. The topological polar surface area (TPSA) is 40.6 Å². The maximum absolute atomic E-state index is 14.0. The minimum absolute atomic E-state index is 0.00811. The van der Waals surface area contributed by atoms with Crippen LogP contribution in [0, 0.1) is 6.92 Å². The van der Waals surface area contributed by atoms with E-state index < -0.39 is 6.04 Å². The molecule has 1 aliphatic rings. The lowest BCUT2D eigenvalue weighted by Crippen LogP contribution is -2.51. The lowest BCUT2D eigenvalue weighted by Gasteiger charge is -2.33. The van der Waals surface area contributed by atoms with E-state index in [-0.39, 0.29) is 17.2 Å². The molecule has 1 fully saturated rings. The van der Waals surface area contributed by atoms with Gasteiger partial charge in [-0.1, -0.05) is 85.8 Å². The fourth-order valence-corrected chi connectivity index (χ4v) is 5.83. The Bertz CT molecular complexity index is 1100. The van der Waals surface area contributed by atoms with E-state index in [2.05, 4.69) is 31.2 Å². The van der Waals surface area contributed by atoms with Crippen molar-refractivity contribution in [3.63, 3.8) is 0 Å².